The average Bonchev–Trinajstić information content (AvgIpc) is 2.80. The van der Waals surface area contributed by atoms with Gasteiger partial charge in [-0.1, -0.05) is 50.9 Å². The molecule has 3 nitrogen and oxygen atoms in total. The monoisotopic (exact) mass is 335 g/mol. The highest BCUT2D eigenvalue weighted by Gasteiger charge is 2.12. The second-order valence-electron chi connectivity index (χ2n) is 4.38. The Hall–Kier alpha value is -1.39. The van der Waals surface area contributed by atoms with Gasteiger partial charge >= 0.3 is 0 Å². The molecule has 2 aromatic carbocycles. The topological polar surface area (TPSA) is 30.7 Å². The zero-order valence-electron chi connectivity index (χ0n) is 10.2. The van der Waals surface area contributed by atoms with E-state index >= 15 is 0 Å². The minimum absolute atomic E-state index is 0.129. The average molecular weight is 337 g/mol. The molecule has 0 radical (unpaired) electrons. The van der Waals surface area contributed by atoms with Crippen molar-refractivity contribution in [1.29, 1.82) is 0 Å². The number of benzene rings is 2. The Bertz CT molecular complexity index is 721. The summed E-state index contributed by atoms with van der Waals surface area (Å²) in [5.74, 6) is 0. The van der Waals surface area contributed by atoms with E-state index in [0.717, 1.165) is 16.1 Å². The Kier molecular flexibility index (Phi) is 3.29. The summed E-state index contributed by atoms with van der Waals surface area (Å²) in [7, 11) is 1.89. The molecule has 1 unspecified atom stereocenters. The first-order chi connectivity index (χ1) is 9.15. The van der Waals surface area contributed by atoms with E-state index in [4.69, 9.17) is 11.6 Å². The molecular weight excluding hydrogens is 326 g/mol. The van der Waals surface area contributed by atoms with Crippen LogP contribution in [0.1, 0.15) is 16.0 Å². The highest BCUT2D eigenvalue weighted by molar-refractivity contribution is 9.09. The third-order valence-electron chi connectivity index (χ3n) is 3.09. The van der Waals surface area contributed by atoms with Crippen LogP contribution in [0.25, 0.3) is 11.0 Å². The number of hydrogen-bond acceptors (Lipinski definition) is 2. The van der Waals surface area contributed by atoms with E-state index < -0.39 is 0 Å². The van der Waals surface area contributed by atoms with Gasteiger partial charge in [-0.05, 0) is 35.4 Å². The lowest BCUT2D eigenvalue weighted by molar-refractivity contribution is 0.736. The molecule has 5 heteroatoms. The molecule has 0 aliphatic heterocycles. The molecule has 3 aromatic rings. The number of fused-ring (bicyclic) bond motifs is 1. The first-order valence-corrected chi connectivity index (χ1v) is 7.13. The van der Waals surface area contributed by atoms with Crippen LogP contribution in [0.15, 0.2) is 42.5 Å². The van der Waals surface area contributed by atoms with E-state index in [0.29, 0.717) is 0 Å². The van der Waals surface area contributed by atoms with Crippen molar-refractivity contribution in [3.63, 3.8) is 0 Å². The van der Waals surface area contributed by atoms with Crippen molar-refractivity contribution in [2.45, 2.75) is 4.83 Å². The molecule has 1 aromatic heterocycles. The summed E-state index contributed by atoms with van der Waals surface area (Å²) in [6, 6.07) is 14.0. The summed E-state index contributed by atoms with van der Waals surface area (Å²) in [6.07, 6.45) is 0. The van der Waals surface area contributed by atoms with Crippen LogP contribution in [0.5, 0.6) is 0 Å². The highest BCUT2D eigenvalue weighted by Crippen LogP contribution is 2.32. The molecule has 1 atom stereocenters. The number of aromatic nitrogens is 3. The van der Waals surface area contributed by atoms with Crippen molar-refractivity contribution < 1.29 is 0 Å². The molecule has 19 heavy (non-hydrogen) atoms. The van der Waals surface area contributed by atoms with Gasteiger partial charge in [0, 0.05) is 12.1 Å². The van der Waals surface area contributed by atoms with Gasteiger partial charge < -0.3 is 0 Å². The maximum Gasteiger partial charge on any atom is 0.113 e. The molecule has 0 N–H and O–H groups in total. The summed E-state index contributed by atoms with van der Waals surface area (Å²) < 4.78 is 1.78. The zero-order valence-corrected chi connectivity index (χ0v) is 12.6. The van der Waals surface area contributed by atoms with Crippen molar-refractivity contribution in [2.75, 3.05) is 0 Å². The lowest BCUT2D eigenvalue weighted by atomic mass is 10.0. The van der Waals surface area contributed by atoms with Gasteiger partial charge in [-0.3, -0.25) is 0 Å². The predicted molar refractivity (Wildman–Crippen MR) is 80.7 cm³/mol. The quantitative estimate of drug-likeness (QED) is 0.659. The summed E-state index contributed by atoms with van der Waals surface area (Å²) in [5.41, 5.74) is 4.26. The van der Waals surface area contributed by atoms with Crippen molar-refractivity contribution in [2.24, 2.45) is 7.05 Å². The fraction of sp³-hybridized carbons (Fsp3) is 0.143. The molecule has 3 rings (SSSR count). The fourth-order valence-electron chi connectivity index (χ4n) is 2.03. The molecule has 0 spiro atoms. The summed E-state index contributed by atoms with van der Waals surface area (Å²) >= 11 is 9.64. The SMILES string of the molecule is Cn1nnc2ccc(C(Br)c3ccc(Cl)cc3)cc21. The Morgan fingerprint density at radius 2 is 1.79 bits per heavy atom. The largest absolute Gasteiger partial charge is 0.248 e. The summed E-state index contributed by atoms with van der Waals surface area (Å²) in [5, 5.41) is 8.84. The summed E-state index contributed by atoms with van der Waals surface area (Å²) in [4.78, 5) is 0.129. The molecule has 0 amide bonds. The van der Waals surface area contributed by atoms with Crippen LogP contribution in [0, 0.1) is 0 Å². The van der Waals surface area contributed by atoms with E-state index in [-0.39, 0.29) is 4.83 Å². The van der Waals surface area contributed by atoms with Gasteiger partial charge in [-0.2, -0.15) is 0 Å². The molecule has 0 bridgehead atoms. The standard InChI is InChI=1S/C14H11BrClN3/c1-19-13-8-10(4-7-12(13)17-18-19)14(15)9-2-5-11(16)6-3-9/h2-8,14H,1H3. The van der Waals surface area contributed by atoms with Crippen molar-refractivity contribution in [1.82, 2.24) is 15.0 Å². The lowest BCUT2D eigenvalue weighted by Gasteiger charge is -2.11. The molecule has 1 heterocycles. The minimum Gasteiger partial charge on any atom is -0.248 e. The second kappa shape index (κ2) is 4.94. The maximum atomic E-state index is 5.91. The van der Waals surface area contributed by atoms with Gasteiger partial charge in [0.15, 0.2) is 0 Å². The van der Waals surface area contributed by atoms with Gasteiger partial charge in [0.05, 0.1) is 10.3 Å². The second-order valence-corrected chi connectivity index (χ2v) is 5.73. The smallest absolute Gasteiger partial charge is 0.113 e. The van der Waals surface area contributed by atoms with Gasteiger partial charge in [0.2, 0.25) is 0 Å². The molecule has 0 saturated heterocycles. The van der Waals surface area contributed by atoms with Gasteiger partial charge in [0.25, 0.3) is 0 Å². The Labute approximate surface area is 124 Å². The third kappa shape index (κ3) is 2.38. The molecule has 0 aliphatic carbocycles. The predicted octanol–water partition coefficient (Wildman–Crippen LogP) is 4.11. The first kappa shape index (κ1) is 12.6. The van der Waals surface area contributed by atoms with Crippen molar-refractivity contribution in [3.8, 4) is 0 Å². The number of halogens is 2. The van der Waals surface area contributed by atoms with E-state index in [1.807, 2.05) is 37.4 Å². The number of aryl methyl sites for hydroxylation is 1. The van der Waals surface area contributed by atoms with Crippen LogP contribution in [0.3, 0.4) is 0 Å². The van der Waals surface area contributed by atoms with E-state index in [1.54, 1.807) is 4.68 Å². The van der Waals surface area contributed by atoms with Crippen LogP contribution >= 0.6 is 27.5 Å². The molecule has 0 aliphatic rings. The van der Waals surface area contributed by atoms with Crippen LogP contribution in [0.2, 0.25) is 5.02 Å². The van der Waals surface area contributed by atoms with Crippen LogP contribution in [-0.2, 0) is 7.05 Å². The number of nitrogens with zero attached hydrogens (tertiary/aromatic N) is 3. The zero-order chi connectivity index (χ0) is 13.4. The molecular formula is C14H11BrClN3. The first-order valence-electron chi connectivity index (χ1n) is 5.84. The molecule has 96 valence electrons. The van der Waals surface area contributed by atoms with Crippen LogP contribution in [-0.4, -0.2) is 15.0 Å². The van der Waals surface area contributed by atoms with E-state index in [9.17, 15) is 0 Å². The van der Waals surface area contributed by atoms with Crippen molar-refractivity contribution in [3.05, 3.63) is 58.6 Å². The Balaban J connectivity index is 2.03. The van der Waals surface area contributed by atoms with Gasteiger partial charge in [-0.25, -0.2) is 4.68 Å². The minimum atomic E-state index is 0.129. The van der Waals surface area contributed by atoms with E-state index in [2.05, 4.69) is 38.4 Å². The van der Waals surface area contributed by atoms with Gasteiger partial charge in [-0.15, -0.1) is 5.10 Å². The maximum absolute atomic E-state index is 5.91. The normalized spacial score (nSPS) is 12.8. The lowest BCUT2D eigenvalue weighted by Crippen LogP contribution is -1.94. The Morgan fingerprint density at radius 1 is 1.11 bits per heavy atom. The Morgan fingerprint density at radius 3 is 2.53 bits per heavy atom. The van der Waals surface area contributed by atoms with Crippen LogP contribution < -0.4 is 0 Å². The van der Waals surface area contributed by atoms with Gasteiger partial charge in [0.1, 0.15) is 5.52 Å². The summed E-state index contributed by atoms with van der Waals surface area (Å²) in [6.45, 7) is 0. The molecule has 0 saturated carbocycles. The number of alkyl halides is 1. The fourth-order valence-corrected chi connectivity index (χ4v) is 2.75. The third-order valence-corrected chi connectivity index (χ3v) is 4.40. The van der Waals surface area contributed by atoms with Crippen molar-refractivity contribution >= 4 is 38.6 Å². The number of rotatable bonds is 2. The molecule has 0 fully saturated rings. The van der Waals surface area contributed by atoms with Crippen LogP contribution in [0.4, 0.5) is 0 Å². The van der Waals surface area contributed by atoms with E-state index in [1.165, 1.54) is 11.1 Å². The highest BCUT2D eigenvalue weighted by atomic mass is 79.9. The number of hydrogen-bond donors (Lipinski definition) is 0.